The van der Waals surface area contributed by atoms with E-state index in [-0.39, 0.29) is 17.5 Å². The van der Waals surface area contributed by atoms with Crippen LogP contribution in [0.1, 0.15) is 12.5 Å². The van der Waals surface area contributed by atoms with E-state index in [1.54, 1.807) is 12.1 Å². The maximum absolute atomic E-state index is 10.9. The van der Waals surface area contributed by atoms with E-state index >= 15 is 0 Å². The number of methoxy groups -OCH3 is 1. The highest BCUT2D eigenvalue weighted by Crippen LogP contribution is 2.30. The second kappa shape index (κ2) is 7.60. The van der Waals surface area contributed by atoms with E-state index in [1.807, 2.05) is 37.3 Å². The van der Waals surface area contributed by atoms with Crippen LogP contribution in [0.15, 0.2) is 48.5 Å². The Labute approximate surface area is 134 Å². The summed E-state index contributed by atoms with van der Waals surface area (Å²) < 4.78 is 5.04. The molecule has 2 N–H and O–H groups in total. The highest BCUT2D eigenvalue weighted by Gasteiger charge is 2.18. The molecule has 122 valence electrons. The third-order valence-corrected chi connectivity index (χ3v) is 3.64. The van der Waals surface area contributed by atoms with E-state index in [1.165, 1.54) is 13.2 Å². The predicted octanol–water partition coefficient (Wildman–Crippen LogP) is 3.01. The largest absolute Gasteiger partial charge is 0.490 e. The van der Waals surface area contributed by atoms with Gasteiger partial charge in [-0.05, 0) is 18.6 Å². The lowest BCUT2D eigenvalue weighted by molar-refractivity contribution is -0.385. The molecule has 0 bridgehead atoms. The molecule has 2 aromatic carbocycles. The van der Waals surface area contributed by atoms with Gasteiger partial charge in [-0.2, -0.15) is 0 Å². The molecule has 2 atom stereocenters. The summed E-state index contributed by atoms with van der Waals surface area (Å²) in [6, 6.07) is 14.0. The zero-order valence-electron chi connectivity index (χ0n) is 13.1. The van der Waals surface area contributed by atoms with Gasteiger partial charge in [-0.1, -0.05) is 30.3 Å². The van der Waals surface area contributed by atoms with Gasteiger partial charge in [0, 0.05) is 30.3 Å². The van der Waals surface area contributed by atoms with Crippen LogP contribution in [0, 0.1) is 10.1 Å². The minimum atomic E-state index is -0.585. The van der Waals surface area contributed by atoms with Crippen LogP contribution in [0.3, 0.4) is 0 Å². The first-order valence-corrected chi connectivity index (χ1v) is 7.32. The molecular weight excluding hydrogens is 296 g/mol. The smallest absolute Gasteiger partial charge is 0.311 e. The van der Waals surface area contributed by atoms with E-state index < -0.39 is 11.0 Å². The fourth-order valence-corrected chi connectivity index (χ4v) is 2.31. The van der Waals surface area contributed by atoms with Crippen LogP contribution in [-0.4, -0.2) is 29.3 Å². The van der Waals surface area contributed by atoms with Crippen molar-refractivity contribution in [3.05, 3.63) is 64.2 Å². The third kappa shape index (κ3) is 4.43. The van der Waals surface area contributed by atoms with Crippen LogP contribution in [-0.2, 0) is 6.42 Å². The Morgan fingerprint density at radius 3 is 2.57 bits per heavy atom. The van der Waals surface area contributed by atoms with E-state index in [0.717, 1.165) is 5.56 Å². The number of rotatable bonds is 7. The molecule has 0 amide bonds. The molecule has 2 unspecified atom stereocenters. The molecule has 23 heavy (non-hydrogen) atoms. The summed E-state index contributed by atoms with van der Waals surface area (Å²) in [5.74, 6) is 0.185. The van der Waals surface area contributed by atoms with Gasteiger partial charge in [-0.15, -0.1) is 0 Å². The molecule has 2 rings (SSSR count). The van der Waals surface area contributed by atoms with Crippen molar-refractivity contribution in [1.82, 2.24) is 0 Å². The fraction of sp³-hybridized carbons (Fsp3) is 0.294. The molecule has 6 nitrogen and oxygen atoms in total. The molecule has 0 heterocycles. The number of aliphatic hydroxyl groups is 1. The lowest BCUT2D eigenvalue weighted by Gasteiger charge is -2.21. The second-order valence-electron chi connectivity index (χ2n) is 5.33. The molecule has 0 aliphatic carbocycles. The second-order valence-corrected chi connectivity index (χ2v) is 5.33. The number of ether oxygens (including phenoxy) is 1. The minimum Gasteiger partial charge on any atom is -0.490 e. The molecule has 6 heteroatoms. The first kappa shape index (κ1) is 16.8. The fourth-order valence-electron chi connectivity index (χ4n) is 2.31. The lowest BCUT2D eigenvalue weighted by atomic mass is 10.0. The number of hydrogen-bond donors (Lipinski definition) is 2. The topological polar surface area (TPSA) is 84.6 Å². The van der Waals surface area contributed by atoms with Crippen LogP contribution < -0.4 is 10.1 Å². The van der Waals surface area contributed by atoms with Crippen molar-refractivity contribution in [3.8, 4) is 5.75 Å². The summed E-state index contributed by atoms with van der Waals surface area (Å²) in [6.07, 6.45) is -0.0577. The number of aliphatic hydroxyl groups excluding tert-OH is 1. The number of nitro benzene ring substituents is 1. The number of nitrogens with one attached hydrogen (secondary N) is 1. The van der Waals surface area contributed by atoms with Gasteiger partial charge in [0.25, 0.3) is 0 Å². The highest BCUT2D eigenvalue weighted by molar-refractivity contribution is 5.58. The van der Waals surface area contributed by atoms with Gasteiger partial charge in [0.1, 0.15) is 0 Å². The Bertz CT molecular complexity index is 661. The van der Waals surface area contributed by atoms with E-state index in [9.17, 15) is 15.2 Å². The molecule has 0 aromatic heterocycles. The van der Waals surface area contributed by atoms with E-state index in [0.29, 0.717) is 12.1 Å². The number of anilines is 1. The number of nitro groups is 1. The SMILES string of the molecule is COc1cc(NC(C)C(O)Cc2ccccc2)ccc1[N+](=O)[O-]. The zero-order valence-corrected chi connectivity index (χ0v) is 13.1. The average molecular weight is 316 g/mol. The van der Waals surface area contributed by atoms with Gasteiger partial charge >= 0.3 is 5.69 Å². The maximum atomic E-state index is 10.9. The van der Waals surface area contributed by atoms with Crippen LogP contribution in [0.2, 0.25) is 0 Å². The Morgan fingerprint density at radius 1 is 1.26 bits per heavy atom. The number of hydrogen-bond acceptors (Lipinski definition) is 5. The van der Waals surface area contributed by atoms with Gasteiger partial charge in [0.05, 0.1) is 18.1 Å². The first-order valence-electron chi connectivity index (χ1n) is 7.32. The monoisotopic (exact) mass is 316 g/mol. The molecule has 0 saturated heterocycles. The van der Waals surface area contributed by atoms with Crippen molar-refractivity contribution >= 4 is 11.4 Å². The van der Waals surface area contributed by atoms with Crippen molar-refractivity contribution < 1.29 is 14.8 Å². The molecule has 0 aliphatic rings. The van der Waals surface area contributed by atoms with Crippen molar-refractivity contribution in [1.29, 1.82) is 0 Å². The first-order chi connectivity index (χ1) is 11.0. The normalized spacial score (nSPS) is 13.2. The third-order valence-electron chi connectivity index (χ3n) is 3.64. The Balaban J connectivity index is 2.04. The summed E-state index contributed by atoms with van der Waals surface area (Å²) in [4.78, 5) is 10.4. The molecule has 0 saturated carbocycles. The number of benzene rings is 2. The zero-order chi connectivity index (χ0) is 16.8. The van der Waals surface area contributed by atoms with Gasteiger partial charge in [0.2, 0.25) is 0 Å². The van der Waals surface area contributed by atoms with Crippen molar-refractivity contribution in [2.24, 2.45) is 0 Å². The lowest BCUT2D eigenvalue weighted by Crippen LogP contribution is -2.32. The Hall–Kier alpha value is -2.60. The number of nitrogens with zero attached hydrogens (tertiary/aromatic N) is 1. The van der Waals surface area contributed by atoms with Crippen molar-refractivity contribution in [2.45, 2.75) is 25.5 Å². The highest BCUT2D eigenvalue weighted by atomic mass is 16.6. The van der Waals surface area contributed by atoms with Crippen LogP contribution in [0.4, 0.5) is 11.4 Å². The van der Waals surface area contributed by atoms with Crippen LogP contribution in [0.25, 0.3) is 0 Å². The predicted molar refractivity (Wildman–Crippen MR) is 88.9 cm³/mol. The Kier molecular flexibility index (Phi) is 5.54. The van der Waals surface area contributed by atoms with E-state index in [2.05, 4.69) is 5.32 Å². The van der Waals surface area contributed by atoms with E-state index in [4.69, 9.17) is 4.74 Å². The molecular formula is C17H20N2O4. The maximum Gasteiger partial charge on any atom is 0.311 e. The summed E-state index contributed by atoms with van der Waals surface area (Å²) in [7, 11) is 1.39. The molecule has 0 fully saturated rings. The van der Waals surface area contributed by atoms with Crippen molar-refractivity contribution in [2.75, 3.05) is 12.4 Å². The molecule has 0 aliphatic heterocycles. The molecule has 2 aromatic rings. The summed E-state index contributed by atoms with van der Waals surface area (Å²) in [6.45, 7) is 1.86. The van der Waals surface area contributed by atoms with Crippen LogP contribution >= 0.6 is 0 Å². The minimum absolute atomic E-state index is 0.0875. The quantitative estimate of drug-likeness (QED) is 0.606. The molecule has 0 radical (unpaired) electrons. The van der Waals surface area contributed by atoms with Gasteiger partial charge in [0.15, 0.2) is 5.75 Å². The van der Waals surface area contributed by atoms with Gasteiger partial charge in [-0.25, -0.2) is 0 Å². The van der Waals surface area contributed by atoms with Gasteiger partial charge < -0.3 is 15.2 Å². The van der Waals surface area contributed by atoms with Gasteiger partial charge in [-0.3, -0.25) is 10.1 Å². The standard InChI is InChI=1S/C17H20N2O4/c1-12(16(20)10-13-6-4-3-5-7-13)18-14-8-9-15(19(21)22)17(11-14)23-2/h3-9,11-12,16,18,20H,10H2,1-2H3. The van der Waals surface area contributed by atoms with Crippen LogP contribution in [0.5, 0.6) is 5.75 Å². The molecule has 0 spiro atoms. The van der Waals surface area contributed by atoms with Crippen molar-refractivity contribution in [3.63, 3.8) is 0 Å². The Morgan fingerprint density at radius 2 is 1.96 bits per heavy atom. The summed E-state index contributed by atoms with van der Waals surface area (Å²) in [5.41, 5.74) is 1.62. The summed E-state index contributed by atoms with van der Waals surface area (Å²) in [5, 5.41) is 24.3. The average Bonchev–Trinajstić information content (AvgIpc) is 2.55. The summed E-state index contributed by atoms with van der Waals surface area (Å²) >= 11 is 0.